The molecule has 1 aliphatic rings. The van der Waals surface area contributed by atoms with Crippen LogP contribution < -0.4 is 5.73 Å². The second kappa shape index (κ2) is 5.25. The van der Waals surface area contributed by atoms with Gasteiger partial charge >= 0.3 is 0 Å². The van der Waals surface area contributed by atoms with Crippen molar-refractivity contribution >= 4 is 11.0 Å². The van der Waals surface area contributed by atoms with Crippen molar-refractivity contribution in [1.29, 1.82) is 0 Å². The fourth-order valence-corrected chi connectivity index (χ4v) is 3.18. The molecule has 1 fully saturated rings. The summed E-state index contributed by atoms with van der Waals surface area (Å²) in [5.74, 6) is 1.34. The Morgan fingerprint density at radius 1 is 1.21 bits per heavy atom. The van der Waals surface area contributed by atoms with E-state index in [1.165, 1.54) is 25.7 Å². The Morgan fingerprint density at radius 3 is 2.79 bits per heavy atom. The highest BCUT2D eigenvalue weighted by Gasteiger charge is 2.26. The van der Waals surface area contributed by atoms with Crippen molar-refractivity contribution in [3.8, 4) is 0 Å². The van der Waals surface area contributed by atoms with Crippen LogP contribution >= 0.6 is 0 Å². The number of fused-ring (bicyclic) bond motifs is 1. The van der Waals surface area contributed by atoms with Crippen LogP contribution in [0.5, 0.6) is 0 Å². The molecule has 0 bridgehead atoms. The van der Waals surface area contributed by atoms with E-state index in [0.717, 1.165) is 22.6 Å². The fraction of sp³-hybridized carbons (Fsp3) is 0.500. The van der Waals surface area contributed by atoms with E-state index in [1.54, 1.807) is 0 Å². The Labute approximate surface area is 114 Å². The number of hydrogen-bond donors (Lipinski definition) is 1. The lowest BCUT2D eigenvalue weighted by Crippen LogP contribution is -2.27. The molecule has 3 rings (SSSR count). The van der Waals surface area contributed by atoms with Gasteiger partial charge in [-0.05, 0) is 36.8 Å². The van der Waals surface area contributed by atoms with Crippen LogP contribution in [0.2, 0.25) is 0 Å². The molecule has 3 heteroatoms. The van der Waals surface area contributed by atoms with Crippen LogP contribution in [0.3, 0.4) is 0 Å². The van der Waals surface area contributed by atoms with Gasteiger partial charge in [0.1, 0.15) is 0 Å². The molecule has 3 unspecified atom stereocenters. The maximum absolute atomic E-state index is 6.42. The van der Waals surface area contributed by atoms with Gasteiger partial charge in [0.15, 0.2) is 0 Å². The smallest absolute Gasteiger partial charge is 0.0890 e. The van der Waals surface area contributed by atoms with Crippen LogP contribution in [0.4, 0.5) is 0 Å². The molecule has 3 nitrogen and oxygen atoms in total. The fourth-order valence-electron chi connectivity index (χ4n) is 3.18. The average molecular weight is 255 g/mol. The number of para-hydroxylation sites is 2. The minimum absolute atomic E-state index is 0.0276. The SMILES string of the molecule is CC1CCCC(C(N)c2cnc3ccccc3n2)C1. The monoisotopic (exact) mass is 255 g/mol. The Bertz CT molecular complexity index is 567. The lowest BCUT2D eigenvalue weighted by atomic mass is 9.78. The minimum atomic E-state index is 0.0276. The van der Waals surface area contributed by atoms with E-state index in [4.69, 9.17) is 5.73 Å². The molecule has 2 N–H and O–H groups in total. The zero-order valence-corrected chi connectivity index (χ0v) is 11.4. The first-order valence-electron chi connectivity index (χ1n) is 7.21. The number of rotatable bonds is 2. The lowest BCUT2D eigenvalue weighted by molar-refractivity contribution is 0.245. The van der Waals surface area contributed by atoms with Crippen LogP contribution in [0.1, 0.15) is 44.3 Å². The van der Waals surface area contributed by atoms with E-state index in [9.17, 15) is 0 Å². The van der Waals surface area contributed by atoms with Gasteiger partial charge < -0.3 is 5.73 Å². The maximum Gasteiger partial charge on any atom is 0.0890 e. The van der Waals surface area contributed by atoms with Crippen LogP contribution in [0.15, 0.2) is 30.5 Å². The van der Waals surface area contributed by atoms with Crippen LogP contribution in [0.25, 0.3) is 11.0 Å². The molecular weight excluding hydrogens is 234 g/mol. The molecule has 0 saturated heterocycles. The largest absolute Gasteiger partial charge is 0.322 e. The summed E-state index contributed by atoms with van der Waals surface area (Å²) in [5, 5.41) is 0. The molecular formula is C16H21N3. The van der Waals surface area contributed by atoms with Gasteiger partial charge in [-0.2, -0.15) is 0 Å². The third-order valence-electron chi connectivity index (χ3n) is 4.29. The zero-order chi connectivity index (χ0) is 13.2. The Kier molecular flexibility index (Phi) is 3.47. The summed E-state index contributed by atoms with van der Waals surface area (Å²) in [6.45, 7) is 2.32. The number of hydrogen-bond acceptors (Lipinski definition) is 3. The Morgan fingerprint density at radius 2 is 2.00 bits per heavy atom. The van der Waals surface area contributed by atoms with Gasteiger partial charge in [0.2, 0.25) is 0 Å². The molecule has 0 radical (unpaired) electrons. The van der Waals surface area contributed by atoms with E-state index < -0.39 is 0 Å². The lowest BCUT2D eigenvalue weighted by Gasteiger charge is -2.30. The summed E-state index contributed by atoms with van der Waals surface area (Å²) in [7, 11) is 0. The second-order valence-corrected chi connectivity index (χ2v) is 5.84. The van der Waals surface area contributed by atoms with Crippen molar-refractivity contribution in [2.24, 2.45) is 17.6 Å². The van der Waals surface area contributed by atoms with Gasteiger partial charge in [-0.15, -0.1) is 0 Å². The first-order chi connectivity index (χ1) is 9.24. The molecule has 0 spiro atoms. The molecule has 3 atom stereocenters. The molecule has 1 aromatic carbocycles. The van der Waals surface area contributed by atoms with Crippen molar-refractivity contribution < 1.29 is 0 Å². The van der Waals surface area contributed by atoms with Gasteiger partial charge in [-0.1, -0.05) is 31.9 Å². The van der Waals surface area contributed by atoms with Gasteiger partial charge in [0.25, 0.3) is 0 Å². The Hall–Kier alpha value is -1.48. The van der Waals surface area contributed by atoms with E-state index in [2.05, 4.69) is 16.9 Å². The normalized spacial score (nSPS) is 25.4. The molecule has 0 amide bonds. The summed E-state index contributed by atoms with van der Waals surface area (Å²) in [5.41, 5.74) is 9.25. The third kappa shape index (κ3) is 2.61. The summed E-state index contributed by atoms with van der Waals surface area (Å²) in [4.78, 5) is 9.16. The Balaban J connectivity index is 1.86. The third-order valence-corrected chi connectivity index (χ3v) is 4.29. The first-order valence-corrected chi connectivity index (χ1v) is 7.21. The second-order valence-electron chi connectivity index (χ2n) is 5.84. The molecule has 0 aliphatic heterocycles. The van der Waals surface area contributed by atoms with Crippen molar-refractivity contribution in [1.82, 2.24) is 9.97 Å². The van der Waals surface area contributed by atoms with Crippen molar-refractivity contribution in [2.45, 2.75) is 38.6 Å². The van der Waals surface area contributed by atoms with E-state index >= 15 is 0 Å². The van der Waals surface area contributed by atoms with E-state index in [-0.39, 0.29) is 6.04 Å². The highest BCUT2D eigenvalue weighted by molar-refractivity contribution is 5.73. The quantitative estimate of drug-likeness (QED) is 0.894. The highest BCUT2D eigenvalue weighted by atomic mass is 14.8. The molecule has 1 saturated carbocycles. The van der Waals surface area contributed by atoms with Gasteiger partial charge in [0.05, 0.1) is 29.0 Å². The minimum Gasteiger partial charge on any atom is -0.322 e. The number of benzene rings is 1. The maximum atomic E-state index is 6.42. The molecule has 19 heavy (non-hydrogen) atoms. The average Bonchev–Trinajstić information content (AvgIpc) is 2.46. The van der Waals surface area contributed by atoms with E-state index in [1.807, 2.05) is 30.5 Å². The summed E-state index contributed by atoms with van der Waals surface area (Å²) >= 11 is 0. The first kappa shape index (κ1) is 12.5. The molecule has 1 aliphatic carbocycles. The van der Waals surface area contributed by atoms with Gasteiger partial charge in [0, 0.05) is 0 Å². The van der Waals surface area contributed by atoms with Crippen molar-refractivity contribution in [3.05, 3.63) is 36.2 Å². The standard InChI is InChI=1S/C16H21N3/c1-11-5-4-6-12(9-11)16(17)15-10-18-13-7-2-3-8-14(13)19-15/h2-3,7-8,10-12,16H,4-6,9,17H2,1H3. The summed E-state index contributed by atoms with van der Waals surface area (Å²) < 4.78 is 0. The predicted molar refractivity (Wildman–Crippen MR) is 77.6 cm³/mol. The van der Waals surface area contributed by atoms with Crippen LogP contribution in [0, 0.1) is 11.8 Å². The van der Waals surface area contributed by atoms with Gasteiger partial charge in [-0.3, -0.25) is 4.98 Å². The van der Waals surface area contributed by atoms with E-state index in [0.29, 0.717) is 5.92 Å². The highest BCUT2D eigenvalue weighted by Crippen LogP contribution is 2.35. The molecule has 100 valence electrons. The van der Waals surface area contributed by atoms with Crippen molar-refractivity contribution in [3.63, 3.8) is 0 Å². The summed E-state index contributed by atoms with van der Waals surface area (Å²) in [6, 6.07) is 8.00. The van der Waals surface area contributed by atoms with Crippen molar-refractivity contribution in [2.75, 3.05) is 0 Å². The van der Waals surface area contributed by atoms with Gasteiger partial charge in [-0.25, -0.2) is 4.98 Å². The molecule has 1 heterocycles. The number of nitrogens with zero attached hydrogens (tertiary/aromatic N) is 2. The topological polar surface area (TPSA) is 51.8 Å². The zero-order valence-electron chi connectivity index (χ0n) is 11.4. The predicted octanol–water partition coefficient (Wildman–Crippen LogP) is 3.46. The summed E-state index contributed by atoms with van der Waals surface area (Å²) in [6.07, 6.45) is 6.93. The van der Waals surface area contributed by atoms with Crippen LogP contribution in [-0.2, 0) is 0 Å². The van der Waals surface area contributed by atoms with Crippen LogP contribution in [-0.4, -0.2) is 9.97 Å². The molecule has 1 aromatic heterocycles. The molecule has 2 aromatic rings. The number of nitrogens with two attached hydrogens (primary N) is 1. The number of aromatic nitrogens is 2.